The van der Waals surface area contributed by atoms with Crippen LogP contribution >= 0.6 is 19.3 Å². The number of aliphatic hydroxyl groups excluding tert-OH is 1. The van der Waals surface area contributed by atoms with E-state index in [4.69, 9.17) is 14.0 Å². The van der Waals surface area contributed by atoms with Crippen molar-refractivity contribution in [2.75, 3.05) is 31.7 Å². The molecule has 4 rings (SSSR count). The van der Waals surface area contributed by atoms with E-state index in [-0.39, 0.29) is 13.2 Å². The first-order valence-corrected chi connectivity index (χ1v) is 12.0. The Kier molecular flexibility index (Phi) is 6.38. The number of aliphatic hydroxyl groups is 1. The maximum Gasteiger partial charge on any atom is 0.446 e. The van der Waals surface area contributed by atoms with Crippen LogP contribution in [-0.2, 0) is 15.5 Å². The second kappa shape index (κ2) is 9.01. The SMILES string of the molecule is Cc1sc(-c2ccncc2)nc1CCN(C)c1ccc(C(O)[P+]2(O)OCCO2)nc1. The number of pyridine rings is 2. The maximum absolute atomic E-state index is 10.4. The van der Waals surface area contributed by atoms with Gasteiger partial charge >= 0.3 is 7.94 Å². The summed E-state index contributed by atoms with van der Waals surface area (Å²) in [6.07, 6.45) is 6.04. The lowest BCUT2D eigenvalue weighted by molar-refractivity contribution is 0.177. The third-order valence-corrected chi connectivity index (χ3v) is 7.97. The lowest BCUT2D eigenvalue weighted by Crippen LogP contribution is -2.21. The first kappa shape index (κ1) is 21.2. The van der Waals surface area contributed by atoms with E-state index in [1.165, 1.54) is 4.88 Å². The second-order valence-electron chi connectivity index (χ2n) is 6.97. The van der Waals surface area contributed by atoms with E-state index in [1.54, 1.807) is 36.0 Å². The van der Waals surface area contributed by atoms with Gasteiger partial charge in [0.05, 0.1) is 17.6 Å². The van der Waals surface area contributed by atoms with Crippen molar-refractivity contribution in [3.05, 3.63) is 59.1 Å². The Bertz CT molecular complexity index is 980. The highest BCUT2D eigenvalue weighted by atomic mass is 32.1. The van der Waals surface area contributed by atoms with E-state index >= 15 is 0 Å². The van der Waals surface area contributed by atoms with Gasteiger partial charge in [0.25, 0.3) is 5.85 Å². The molecule has 8 nitrogen and oxygen atoms in total. The van der Waals surface area contributed by atoms with E-state index in [9.17, 15) is 10.00 Å². The van der Waals surface area contributed by atoms with E-state index in [0.29, 0.717) is 5.69 Å². The molecule has 0 amide bonds. The summed E-state index contributed by atoms with van der Waals surface area (Å²) in [5.74, 6) is -1.26. The lowest BCUT2D eigenvalue weighted by atomic mass is 10.2. The van der Waals surface area contributed by atoms with E-state index in [0.717, 1.165) is 34.9 Å². The van der Waals surface area contributed by atoms with Gasteiger partial charge in [-0.1, -0.05) is 0 Å². The largest absolute Gasteiger partial charge is 0.446 e. The zero-order valence-electron chi connectivity index (χ0n) is 16.8. The molecule has 2 N–H and O–H groups in total. The number of anilines is 1. The molecule has 1 atom stereocenters. The number of hydrogen-bond donors (Lipinski definition) is 2. The molecule has 1 aliphatic heterocycles. The van der Waals surface area contributed by atoms with Crippen LogP contribution in [0.25, 0.3) is 10.6 Å². The summed E-state index contributed by atoms with van der Waals surface area (Å²) < 4.78 is 10.4. The van der Waals surface area contributed by atoms with E-state index < -0.39 is 13.8 Å². The summed E-state index contributed by atoms with van der Waals surface area (Å²) in [5.41, 5.74) is 3.41. The molecule has 4 heterocycles. The van der Waals surface area contributed by atoms with Crippen LogP contribution in [0.2, 0.25) is 0 Å². The van der Waals surface area contributed by atoms with Gasteiger partial charge in [-0.3, -0.25) is 9.97 Å². The molecular weight excluding hydrogens is 423 g/mol. The molecule has 0 radical (unpaired) electrons. The fourth-order valence-corrected chi connectivity index (χ4v) is 5.62. The predicted octanol–water partition coefficient (Wildman–Crippen LogP) is 3.38. The maximum atomic E-state index is 10.4. The molecule has 1 aliphatic rings. The van der Waals surface area contributed by atoms with Crippen molar-refractivity contribution in [1.29, 1.82) is 0 Å². The number of nitrogens with zero attached hydrogens (tertiary/aromatic N) is 4. The molecule has 1 fully saturated rings. The third kappa shape index (κ3) is 4.51. The van der Waals surface area contributed by atoms with Crippen LogP contribution in [0.1, 0.15) is 22.1 Å². The normalized spacial score (nSPS) is 16.5. The zero-order chi connectivity index (χ0) is 21.1. The minimum Gasteiger partial charge on any atom is -0.373 e. The van der Waals surface area contributed by atoms with Crippen molar-refractivity contribution in [3.63, 3.8) is 0 Å². The van der Waals surface area contributed by atoms with Crippen LogP contribution < -0.4 is 4.90 Å². The average molecular weight is 447 g/mol. The Morgan fingerprint density at radius 1 is 1.20 bits per heavy atom. The fourth-order valence-electron chi connectivity index (χ4n) is 3.14. The molecule has 158 valence electrons. The van der Waals surface area contributed by atoms with Crippen LogP contribution in [0, 0.1) is 6.92 Å². The number of thiazole rings is 1. The third-order valence-electron chi connectivity index (χ3n) is 4.92. The first-order valence-electron chi connectivity index (χ1n) is 9.59. The van der Waals surface area contributed by atoms with Crippen molar-refractivity contribution in [3.8, 4) is 10.6 Å². The summed E-state index contributed by atoms with van der Waals surface area (Å²) in [7, 11) is -1.30. The minimum absolute atomic E-state index is 0.279. The van der Waals surface area contributed by atoms with Crippen molar-refractivity contribution >= 4 is 25.0 Å². The van der Waals surface area contributed by atoms with Crippen LogP contribution in [-0.4, -0.2) is 51.8 Å². The summed E-state index contributed by atoms with van der Waals surface area (Å²) in [5, 5.41) is 11.4. The molecule has 3 aromatic rings. The summed E-state index contributed by atoms with van der Waals surface area (Å²) in [4.78, 5) is 26.7. The minimum atomic E-state index is -3.28. The Hall–Kier alpha value is -2.00. The predicted molar refractivity (Wildman–Crippen MR) is 117 cm³/mol. The van der Waals surface area contributed by atoms with Gasteiger partial charge in [-0.2, -0.15) is 13.9 Å². The molecular formula is C20H24N4O4PS+. The molecule has 0 aliphatic carbocycles. The van der Waals surface area contributed by atoms with Crippen LogP contribution in [0.15, 0.2) is 42.9 Å². The van der Waals surface area contributed by atoms with Gasteiger partial charge in [-0.05, 0) is 31.2 Å². The van der Waals surface area contributed by atoms with Crippen molar-refractivity contribution in [1.82, 2.24) is 15.0 Å². The summed E-state index contributed by atoms with van der Waals surface area (Å²) in [6, 6.07) is 7.49. The van der Waals surface area contributed by atoms with Crippen LogP contribution in [0.5, 0.6) is 0 Å². The topological polar surface area (TPSA) is 101 Å². The average Bonchev–Trinajstić information content (AvgIpc) is 3.38. The van der Waals surface area contributed by atoms with Gasteiger partial charge in [-0.15, -0.1) is 11.3 Å². The summed E-state index contributed by atoms with van der Waals surface area (Å²) in [6.45, 7) is 3.42. The molecule has 0 bridgehead atoms. The van der Waals surface area contributed by atoms with Gasteiger partial charge < -0.3 is 10.0 Å². The van der Waals surface area contributed by atoms with E-state index in [1.807, 2.05) is 25.2 Å². The fraction of sp³-hybridized carbons (Fsp3) is 0.350. The second-order valence-corrected chi connectivity index (χ2v) is 10.3. The molecule has 3 aromatic heterocycles. The van der Waals surface area contributed by atoms with Crippen molar-refractivity contribution < 1.29 is 19.0 Å². The molecule has 1 unspecified atom stereocenters. The highest BCUT2D eigenvalue weighted by molar-refractivity contribution is 7.60. The van der Waals surface area contributed by atoms with Crippen molar-refractivity contribution in [2.45, 2.75) is 19.2 Å². The lowest BCUT2D eigenvalue weighted by Gasteiger charge is -2.20. The van der Waals surface area contributed by atoms with Gasteiger partial charge in [0, 0.05) is 42.8 Å². The van der Waals surface area contributed by atoms with Crippen LogP contribution in [0.3, 0.4) is 0 Å². The zero-order valence-corrected chi connectivity index (χ0v) is 18.5. The Balaban J connectivity index is 1.39. The van der Waals surface area contributed by atoms with E-state index in [2.05, 4.69) is 21.8 Å². The van der Waals surface area contributed by atoms with Crippen LogP contribution in [0.4, 0.5) is 5.69 Å². The molecule has 0 spiro atoms. The number of aryl methyl sites for hydroxylation is 1. The van der Waals surface area contributed by atoms with Gasteiger partial charge in [0.1, 0.15) is 23.9 Å². The highest BCUT2D eigenvalue weighted by Gasteiger charge is 2.55. The Labute approximate surface area is 179 Å². The Morgan fingerprint density at radius 3 is 2.60 bits per heavy atom. The molecule has 1 saturated heterocycles. The number of hydrogen-bond acceptors (Lipinski definition) is 9. The quantitative estimate of drug-likeness (QED) is 0.532. The number of rotatable bonds is 7. The van der Waals surface area contributed by atoms with Gasteiger partial charge in [-0.25, -0.2) is 4.98 Å². The monoisotopic (exact) mass is 447 g/mol. The molecule has 10 heteroatoms. The van der Waals surface area contributed by atoms with Gasteiger partial charge in [0.2, 0.25) is 0 Å². The highest BCUT2D eigenvalue weighted by Crippen LogP contribution is 2.69. The first-order chi connectivity index (χ1) is 14.5. The Morgan fingerprint density at radius 2 is 1.93 bits per heavy atom. The number of aromatic nitrogens is 3. The van der Waals surface area contributed by atoms with Crippen molar-refractivity contribution in [2.24, 2.45) is 0 Å². The molecule has 0 aromatic carbocycles. The number of likely N-dealkylation sites (N-methyl/N-ethyl adjacent to an activating group) is 1. The molecule has 0 saturated carbocycles. The molecule has 30 heavy (non-hydrogen) atoms. The smallest absolute Gasteiger partial charge is 0.373 e. The summed E-state index contributed by atoms with van der Waals surface area (Å²) >= 11 is 1.69. The standard InChI is InChI=1S/C20H24N4O4PS/c1-14-17(23-19(30-14)15-5-8-21-9-6-15)7-10-24(2)16-3-4-18(22-13-16)20(25)29(26)27-11-12-28-29/h3-6,8-9,13,20,25-26H,7,10-12H2,1-2H3/q+1. The van der Waals surface area contributed by atoms with Gasteiger partial charge in [0.15, 0.2) is 0 Å².